The molecule has 0 saturated carbocycles. The lowest BCUT2D eigenvalue weighted by atomic mass is 10.1. The summed E-state index contributed by atoms with van der Waals surface area (Å²) < 4.78 is 0. The molecule has 2 amide bonds. The number of rotatable bonds is 4. The third kappa shape index (κ3) is 3.16. The monoisotopic (exact) mass is 342 g/mol. The van der Waals surface area contributed by atoms with Crippen LogP contribution in [0, 0.1) is 0 Å². The number of Topliss-reactive ketones (excluding diaryl/α,β-unsaturated/α-hetero) is 1. The summed E-state index contributed by atoms with van der Waals surface area (Å²) in [5.41, 5.74) is 1.59. The molecule has 122 valence electrons. The van der Waals surface area contributed by atoms with Crippen LogP contribution < -0.4 is 10.2 Å². The number of carbonyl (C=O) groups excluding carboxylic acids is 3. The highest BCUT2D eigenvalue weighted by atomic mass is 35.5. The van der Waals surface area contributed by atoms with Crippen LogP contribution in [0.5, 0.6) is 0 Å². The third-order valence-corrected chi connectivity index (χ3v) is 4.09. The van der Waals surface area contributed by atoms with Gasteiger partial charge in [0, 0.05) is 16.3 Å². The van der Waals surface area contributed by atoms with Gasteiger partial charge >= 0.3 is 0 Å². The van der Waals surface area contributed by atoms with E-state index in [9.17, 15) is 14.4 Å². The Morgan fingerprint density at radius 1 is 1.17 bits per heavy atom. The average molecular weight is 343 g/mol. The van der Waals surface area contributed by atoms with Crippen molar-refractivity contribution >= 4 is 40.6 Å². The zero-order valence-electron chi connectivity index (χ0n) is 13.0. The van der Waals surface area contributed by atoms with E-state index in [1.54, 1.807) is 48.5 Å². The summed E-state index contributed by atoms with van der Waals surface area (Å²) in [4.78, 5) is 37.5. The van der Waals surface area contributed by atoms with Crippen LogP contribution in [0.2, 0.25) is 5.02 Å². The Morgan fingerprint density at radius 3 is 2.54 bits per heavy atom. The van der Waals surface area contributed by atoms with Gasteiger partial charge in [-0.1, -0.05) is 23.7 Å². The summed E-state index contributed by atoms with van der Waals surface area (Å²) in [6.45, 7) is 1.44. The van der Waals surface area contributed by atoms with Crippen LogP contribution in [0.3, 0.4) is 0 Å². The molecule has 0 spiro atoms. The number of amides is 2. The molecule has 0 unspecified atom stereocenters. The minimum absolute atomic E-state index is 0.0613. The number of carbonyl (C=O) groups is 3. The molecule has 1 heterocycles. The predicted molar refractivity (Wildman–Crippen MR) is 92.4 cm³/mol. The van der Waals surface area contributed by atoms with E-state index in [4.69, 9.17) is 11.6 Å². The Balaban J connectivity index is 1.82. The Hall–Kier alpha value is -2.66. The largest absolute Gasteiger partial charge is 0.373 e. The van der Waals surface area contributed by atoms with Crippen LogP contribution in [0.15, 0.2) is 48.5 Å². The lowest BCUT2D eigenvalue weighted by molar-refractivity contribution is -0.121. The maximum Gasteiger partial charge on any atom is 0.256 e. The van der Waals surface area contributed by atoms with E-state index in [1.165, 1.54) is 6.92 Å². The number of hydrogen-bond acceptors (Lipinski definition) is 4. The predicted octanol–water partition coefficient (Wildman–Crippen LogP) is 3.29. The summed E-state index contributed by atoms with van der Waals surface area (Å²) in [5, 5.41) is 3.64. The summed E-state index contributed by atoms with van der Waals surface area (Å²) in [6.07, 6.45) is 0.0613. The minimum Gasteiger partial charge on any atom is -0.373 e. The number of hydrogen-bond donors (Lipinski definition) is 1. The van der Waals surface area contributed by atoms with Gasteiger partial charge in [-0.25, -0.2) is 4.90 Å². The van der Waals surface area contributed by atoms with E-state index in [1.807, 2.05) is 0 Å². The highest BCUT2D eigenvalue weighted by molar-refractivity contribution is 6.30. The maximum absolute atomic E-state index is 12.6. The number of halogens is 1. The number of benzene rings is 2. The first kappa shape index (κ1) is 16.2. The molecular weight excluding hydrogens is 328 g/mol. The van der Waals surface area contributed by atoms with Crippen LogP contribution in [0.4, 0.5) is 11.4 Å². The molecule has 1 fully saturated rings. The molecule has 3 rings (SSSR count). The molecule has 1 aliphatic heterocycles. The molecule has 6 heteroatoms. The average Bonchev–Trinajstić information content (AvgIpc) is 2.83. The van der Waals surface area contributed by atoms with Crippen molar-refractivity contribution in [3.63, 3.8) is 0 Å². The van der Waals surface area contributed by atoms with E-state index in [0.29, 0.717) is 22.0 Å². The van der Waals surface area contributed by atoms with Gasteiger partial charge in [-0.05, 0) is 43.3 Å². The van der Waals surface area contributed by atoms with Gasteiger partial charge in [0.05, 0.1) is 12.1 Å². The number of nitrogens with one attached hydrogen (secondary N) is 1. The van der Waals surface area contributed by atoms with E-state index < -0.39 is 6.04 Å². The Morgan fingerprint density at radius 2 is 1.88 bits per heavy atom. The molecule has 1 aliphatic rings. The zero-order valence-corrected chi connectivity index (χ0v) is 13.7. The molecule has 2 aromatic carbocycles. The fourth-order valence-electron chi connectivity index (χ4n) is 2.63. The Kier molecular flexibility index (Phi) is 4.36. The van der Waals surface area contributed by atoms with Gasteiger partial charge in [0.25, 0.3) is 5.91 Å². The topological polar surface area (TPSA) is 66.5 Å². The fraction of sp³-hybridized carbons (Fsp3) is 0.167. The van der Waals surface area contributed by atoms with E-state index in [0.717, 1.165) is 4.90 Å². The standard InChI is InChI=1S/C18H15ClN2O3/c1-11(22)12-3-2-4-15(9-12)21-17(23)10-16(18(21)24)20-14-7-5-13(19)6-8-14/h2-9,16,20H,10H2,1H3/t16-/m1/s1. The molecule has 0 aromatic heterocycles. The number of anilines is 2. The van der Waals surface area contributed by atoms with Crippen molar-refractivity contribution in [1.29, 1.82) is 0 Å². The summed E-state index contributed by atoms with van der Waals surface area (Å²) >= 11 is 5.84. The second-order valence-electron chi connectivity index (χ2n) is 5.58. The second kappa shape index (κ2) is 6.45. The molecule has 1 N–H and O–H groups in total. The van der Waals surface area contributed by atoms with Crippen molar-refractivity contribution in [1.82, 2.24) is 0 Å². The van der Waals surface area contributed by atoms with Crippen LogP contribution in [0.1, 0.15) is 23.7 Å². The molecule has 2 aromatic rings. The first-order valence-electron chi connectivity index (χ1n) is 7.45. The smallest absolute Gasteiger partial charge is 0.256 e. The first-order valence-corrected chi connectivity index (χ1v) is 7.83. The van der Waals surface area contributed by atoms with Crippen LogP contribution in [-0.4, -0.2) is 23.6 Å². The zero-order chi connectivity index (χ0) is 17.3. The van der Waals surface area contributed by atoms with Crippen molar-refractivity contribution in [3.05, 3.63) is 59.1 Å². The summed E-state index contributed by atoms with van der Waals surface area (Å²) in [6, 6.07) is 12.8. The van der Waals surface area contributed by atoms with Gasteiger partial charge in [0.1, 0.15) is 6.04 Å². The molecule has 0 bridgehead atoms. The van der Waals surface area contributed by atoms with Crippen molar-refractivity contribution in [2.75, 3.05) is 10.2 Å². The van der Waals surface area contributed by atoms with Crippen molar-refractivity contribution in [2.45, 2.75) is 19.4 Å². The van der Waals surface area contributed by atoms with Crippen LogP contribution in [-0.2, 0) is 9.59 Å². The molecular formula is C18H15ClN2O3. The summed E-state index contributed by atoms with van der Waals surface area (Å²) in [5.74, 6) is -0.755. The maximum atomic E-state index is 12.6. The highest BCUT2D eigenvalue weighted by Crippen LogP contribution is 2.26. The van der Waals surface area contributed by atoms with Crippen molar-refractivity contribution in [2.24, 2.45) is 0 Å². The van der Waals surface area contributed by atoms with Gasteiger partial charge < -0.3 is 5.32 Å². The molecule has 5 nitrogen and oxygen atoms in total. The molecule has 0 radical (unpaired) electrons. The lowest BCUT2D eigenvalue weighted by Crippen LogP contribution is -2.34. The SMILES string of the molecule is CC(=O)c1cccc(N2C(=O)C[C@@H](Nc3ccc(Cl)cc3)C2=O)c1. The summed E-state index contributed by atoms with van der Waals surface area (Å²) in [7, 11) is 0. The normalized spacial score (nSPS) is 17.2. The van der Waals surface area contributed by atoms with Crippen molar-refractivity contribution < 1.29 is 14.4 Å². The fourth-order valence-corrected chi connectivity index (χ4v) is 2.75. The second-order valence-corrected chi connectivity index (χ2v) is 6.02. The molecule has 0 aliphatic carbocycles. The van der Waals surface area contributed by atoms with E-state index in [-0.39, 0.29) is 24.0 Å². The van der Waals surface area contributed by atoms with Crippen molar-refractivity contribution in [3.8, 4) is 0 Å². The number of imide groups is 1. The Labute approximate surface area is 144 Å². The molecule has 1 atom stereocenters. The van der Waals surface area contributed by atoms with Gasteiger partial charge in [0.2, 0.25) is 5.91 Å². The highest BCUT2D eigenvalue weighted by Gasteiger charge is 2.39. The van der Waals surface area contributed by atoms with Gasteiger partial charge in [0.15, 0.2) is 5.78 Å². The van der Waals surface area contributed by atoms with E-state index in [2.05, 4.69) is 5.32 Å². The number of ketones is 1. The van der Waals surface area contributed by atoms with Crippen LogP contribution >= 0.6 is 11.6 Å². The first-order chi connectivity index (χ1) is 11.5. The van der Waals surface area contributed by atoms with E-state index >= 15 is 0 Å². The molecule has 1 saturated heterocycles. The minimum atomic E-state index is -0.639. The lowest BCUT2D eigenvalue weighted by Gasteiger charge is -2.16. The quantitative estimate of drug-likeness (QED) is 0.684. The van der Waals surface area contributed by atoms with Crippen LogP contribution in [0.25, 0.3) is 0 Å². The Bertz CT molecular complexity index is 817. The van der Waals surface area contributed by atoms with Gasteiger partial charge in [-0.2, -0.15) is 0 Å². The number of nitrogens with zero attached hydrogens (tertiary/aromatic N) is 1. The molecule has 24 heavy (non-hydrogen) atoms. The third-order valence-electron chi connectivity index (χ3n) is 3.84. The van der Waals surface area contributed by atoms with Gasteiger partial charge in [-0.3, -0.25) is 14.4 Å². The van der Waals surface area contributed by atoms with Gasteiger partial charge in [-0.15, -0.1) is 0 Å².